The van der Waals surface area contributed by atoms with Crippen molar-refractivity contribution in [2.75, 3.05) is 11.1 Å². The number of thioether (sulfide) groups is 1. The number of anilines is 2. The molecule has 112 valence electrons. The molecule has 0 amide bonds. The third kappa shape index (κ3) is 3.43. The Bertz CT molecular complexity index is 735. The molecule has 0 atom stereocenters. The summed E-state index contributed by atoms with van der Waals surface area (Å²) in [5, 5.41) is 19.1. The number of aromatic amines is 1. The van der Waals surface area contributed by atoms with Crippen LogP contribution in [0.15, 0.2) is 41.6 Å². The van der Waals surface area contributed by atoms with Crippen LogP contribution in [0.2, 0.25) is 0 Å². The van der Waals surface area contributed by atoms with Gasteiger partial charge in [-0.25, -0.2) is 5.10 Å². The Labute approximate surface area is 132 Å². The fourth-order valence-electron chi connectivity index (χ4n) is 1.89. The molecular formula is C15H16N6S. The molecule has 2 N–H and O–H groups in total. The van der Waals surface area contributed by atoms with Crippen molar-refractivity contribution in [2.24, 2.45) is 0 Å². The van der Waals surface area contributed by atoms with Gasteiger partial charge in [-0.3, -0.25) is 0 Å². The maximum atomic E-state index is 4.30. The van der Waals surface area contributed by atoms with Crippen LogP contribution in [0, 0.1) is 6.92 Å². The number of hydrogen-bond acceptors (Lipinski definition) is 6. The molecule has 2 heterocycles. The fourth-order valence-corrected chi connectivity index (χ4v) is 2.42. The number of aromatic nitrogens is 5. The van der Waals surface area contributed by atoms with Crippen LogP contribution in [0.25, 0.3) is 11.3 Å². The zero-order valence-corrected chi connectivity index (χ0v) is 13.2. The predicted octanol–water partition coefficient (Wildman–Crippen LogP) is 3.43. The number of H-pyrrole nitrogens is 1. The van der Waals surface area contributed by atoms with Crippen LogP contribution >= 0.6 is 11.8 Å². The van der Waals surface area contributed by atoms with Gasteiger partial charge in [-0.1, -0.05) is 48.5 Å². The van der Waals surface area contributed by atoms with E-state index in [0.717, 1.165) is 17.0 Å². The lowest BCUT2D eigenvalue weighted by Crippen LogP contribution is -1.97. The minimum Gasteiger partial charge on any atom is -0.308 e. The third-order valence-corrected chi connectivity index (χ3v) is 3.73. The molecule has 0 aliphatic rings. The maximum Gasteiger partial charge on any atom is 0.225 e. The van der Waals surface area contributed by atoms with E-state index in [1.807, 2.05) is 24.3 Å². The summed E-state index contributed by atoms with van der Waals surface area (Å²) in [6, 6.07) is 12.0. The van der Waals surface area contributed by atoms with Crippen LogP contribution in [0.3, 0.4) is 0 Å². The van der Waals surface area contributed by atoms with E-state index < -0.39 is 0 Å². The second kappa shape index (κ2) is 6.57. The van der Waals surface area contributed by atoms with E-state index in [1.54, 1.807) is 11.8 Å². The average Bonchev–Trinajstić information content (AvgIpc) is 2.97. The molecule has 0 saturated carbocycles. The third-order valence-electron chi connectivity index (χ3n) is 3.00. The zero-order chi connectivity index (χ0) is 15.4. The van der Waals surface area contributed by atoms with Crippen molar-refractivity contribution in [1.82, 2.24) is 25.4 Å². The minimum absolute atomic E-state index is 0.563. The van der Waals surface area contributed by atoms with Crippen molar-refractivity contribution < 1.29 is 0 Å². The van der Waals surface area contributed by atoms with Crippen LogP contribution in [-0.2, 0) is 0 Å². The first kappa shape index (κ1) is 14.5. The van der Waals surface area contributed by atoms with E-state index >= 15 is 0 Å². The standard InChI is InChI=1S/C15H16N6S/c1-3-22-15-17-14(20-21-15)16-13-9-8-12(18-19-13)11-6-4-10(2)5-7-11/h4-9H,3H2,1-2H3,(H2,16,17,19,20,21). The lowest BCUT2D eigenvalue weighted by Gasteiger charge is -2.03. The summed E-state index contributed by atoms with van der Waals surface area (Å²) in [4.78, 5) is 4.30. The molecule has 7 heteroatoms. The highest BCUT2D eigenvalue weighted by Crippen LogP contribution is 2.19. The predicted molar refractivity (Wildman–Crippen MR) is 88.3 cm³/mol. The van der Waals surface area contributed by atoms with Gasteiger partial charge >= 0.3 is 0 Å². The Morgan fingerprint density at radius 3 is 2.59 bits per heavy atom. The highest BCUT2D eigenvalue weighted by atomic mass is 32.2. The molecule has 0 radical (unpaired) electrons. The van der Waals surface area contributed by atoms with Crippen molar-refractivity contribution in [2.45, 2.75) is 19.0 Å². The van der Waals surface area contributed by atoms with Gasteiger partial charge in [0, 0.05) is 5.56 Å². The molecule has 0 aliphatic heterocycles. The lowest BCUT2D eigenvalue weighted by molar-refractivity contribution is 0.973. The van der Waals surface area contributed by atoms with Crippen molar-refractivity contribution in [3.8, 4) is 11.3 Å². The molecule has 2 aromatic heterocycles. The highest BCUT2D eigenvalue weighted by molar-refractivity contribution is 7.99. The van der Waals surface area contributed by atoms with E-state index in [4.69, 9.17) is 0 Å². The number of rotatable bonds is 5. The van der Waals surface area contributed by atoms with Crippen LogP contribution < -0.4 is 5.32 Å². The Hall–Kier alpha value is -2.41. The molecule has 0 unspecified atom stereocenters. The van der Waals surface area contributed by atoms with E-state index in [9.17, 15) is 0 Å². The van der Waals surface area contributed by atoms with Crippen LogP contribution in [0.1, 0.15) is 12.5 Å². The SMILES string of the molecule is CCSc1n[nH]c(Nc2ccc(-c3ccc(C)cc3)nn2)n1. The molecule has 3 aromatic rings. The molecule has 0 saturated heterocycles. The number of hydrogen-bond donors (Lipinski definition) is 2. The van der Waals surface area contributed by atoms with Crippen molar-refractivity contribution in [3.05, 3.63) is 42.0 Å². The summed E-state index contributed by atoms with van der Waals surface area (Å²) in [7, 11) is 0. The summed E-state index contributed by atoms with van der Waals surface area (Å²) >= 11 is 1.58. The topological polar surface area (TPSA) is 79.4 Å². The first-order valence-corrected chi connectivity index (χ1v) is 7.96. The smallest absolute Gasteiger partial charge is 0.225 e. The largest absolute Gasteiger partial charge is 0.308 e. The van der Waals surface area contributed by atoms with Gasteiger partial charge in [0.25, 0.3) is 0 Å². The molecule has 6 nitrogen and oxygen atoms in total. The molecule has 0 fully saturated rings. The number of aryl methyl sites for hydroxylation is 1. The summed E-state index contributed by atoms with van der Waals surface area (Å²) in [6.45, 7) is 4.12. The van der Waals surface area contributed by atoms with Crippen molar-refractivity contribution >= 4 is 23.5 Å². The molecule has 22 heavy (non-hydrogen) atoms. The first-order valence-electron chi connectivity index (χ1n) is 6.97. The minimum atomic E-state index is 0.563. The second-order valence-corrected chi connectivity index (χ2v) is 5.93. The fraction of sp³-hybridized carbons (Fsp3) is 0.200. The number of benzene rings is 1. The lowest BCUT2D eigenvalue weighted by atomic mass is 10.1. The molecule has 0 bridgehead atoms. The van der Waals surface area contributed by atoms with E-state index in [2.05, 4.69) is 56.7 Å². The molecular weight excluding hydrogens is 296 g/mol. The van der Waals surface area contributed by atoms with Gasteiger partial charge in [0.15, 0.2) is 5.82 Å². The molecule has 3 rings (SSSR count). The summed E-state index contributed by atoms with van der Waals surface area (Å²) in [5.74, 6) is 2.12. The average molecular weight is 312 g/mol. The van der Waals surface area contributed by atoms with Gasteiger partial charge in [-0.2, -0.15) is 4.98 Å². The van der Waals surface area contributed by atoms with Crippen LogP contribution in [0.5, 0.6) is 0 Å². The Kier molecular flexibility index (Phi) is 4.34. The summed E-state index contributed by atoms with van der Waals surface area (Å²) < 4.78 is 0. The van der Waals surface area contributed by atoms with E-state index in [-0.39, 0.29) is 0 Å². The summed E-state index contributed by atoms with van der Waals surface area (Å²) in [5.41, 5.74) is 3.11. The molecule has 0 aliphatic carbocycles. The first-order chi connectivity index (χ1) is 10.7. The maximum absolute atomic E-state index is 4.30. The monoisotopic (exact) mass is 312 g/mol. The molecule has 1 aromatic carbocycles. The highest BCUT2D eigenvalue weighted by Gasteiger charge is 2.05. The molecule has 0 spiro atoms. The van der Waals surface area contributed by atoms with E-state index in [1.165, 1.54) is 5.56 Å². The van der Waals surface area contributed by atoms with Gasteiger partial charge < -0.3 is 5.32 Å². The van der Waals surface area contributed by atoms with Gasteiger partial charge in [-0.15, -0.1) is 15.3 Å². The van der Waals surface area contributed by atoms with Gasteiger partial charge in [0.2, 0.25) is 11.1 Å². The van der Waals surface area contributed by atoms with Crippen LogP contribution in [0.4, 0.5) is 11.8 Å². The Balaban J connectivity index is 1.72. The van der Waals surface area contributed by atoms with Gasteiger partial charge in [0.1, 0.15) is 0 Å². The van der Waals surface area contributed by atoms with E-state index in [0.29, 0.717) is 16.9 Å². The van der Waals surface area contributed by atoms with Gasteiger partial charge in [-0.05, 0) is 24.8 Å². The quantitative estimate of drug-likeness (QED) is 0.703. The normalized spacial score (nSPS) is 10.6. The Morgan fingerprint density at radius 2 is 1.91 bits per heavy atom. The van der Waals surface area contributed by atoms with Gasteiger partial charge in [0.05, 0.1) is 5.69 Å². The summed E-state index contributed by atoms with van der Waals surface area (Å²) in [6.07, 6.45) is 0. The Morgan fingerprint density at radius 1 is 1.09 bits per heavy atom. The number of nitrogens with zero attached hydrogens (tertiary/aromatic N) is 4. The zero-order valence-electron chi connectivity index (χ0n) is 12.4. The number of nitrogens with one attached hydrogen (secondary N) is 2. The van der Waals surface area contributed by atoms with Crippen LogP contribution in [-0.4, -0.2) is 31.1 Å². The van der Waals surface area contributed by atoms with Crippen molar-refractivity contribution in [1.29, 1.82) is 0 Å². The second-order valence-electron chi connectivity index (χ2n) is 4.69. The van der Waals surface area contributed by atoms with Crippen molar-refractivity contribution in [3.63, 3.8) is 0 Å².